The average Bonchev–Trinajstić information content (AvgIpc) is 2.40. The van der Waals surface area contributed by atoms with Gasteiger partial charge in [0.15, 0.2) is 0 Å². The highest BCUT2D eigenvalue weighted by atomic mass is 16.6. The summed E-state index contributed by atoms with van der Waals surface area (Å²) in [6.45, 7) is 7.80. The van der Waals surface area contributed by atoms with Crippen molar-refractivity contribution in [2.45, 2.75) is 33.1 Å². The fraction of sp³-hybridized carbons (Fsp3) is 0.333. The Morgan fingerprint density at radius 3 is 2.48 bits per heavy atom. The lowest BCUT2D eigenvalue weighted by Crippen LogP contribution is -2.18. The first-order valence-electron chi connectivity index (χ1n) is 6.59. The maximum absolute atomic E-state index is 10.9. The van der Waals surface area contributed by atoms with Crippen LogP contribution in [0.3, 0.4) is 0 Å². The highest BCUT2D eigenvalue weighted by Crippen LogP contribution is 2.30. The first kappa shape index (κ1) is 14.9. The van der Waals surface area contributed by atoms with Gasteiger partial charge in [0.05, 0.1) is 10.6 Å². The van der Waals surface area contributed by atoms with Gasteiger partial charge in [0.1, 0.15) is 11.6 Å². The van der Waals surface area contributed by atoms with E-state index in [1.54, 1.807) is 12.1 Å². The fourth-order valence-corrected chi connectivity index (χ4v) is 1.92. The molecular formula is C15H18N4O2. The van der Waals surface area contributed by atoms with Crippen molar-refractivity contribution in [2.24, 2.45) is 0 Å². The summed E-state index contributed by atoms with van der Waals surface area (Å²) < 4.78 is 0. The second kappa shape index (κ2) is 5.12. The zero-order valence-electron chi connectivity index (χ0n) is 12.5. The Balaban J connectivity index is 2.66. The number of nitro groups is 1. The van der Waals surface area contributed by atoms with Crippen molar-refractivity contribution in [1.82, 2.24) is 9.97 Å². The van der Waals surface area contributed by atoms with Gasteiger partial charge in [0, 0.05) is 28.7 Å². The SMILES string of the molecule is Cc1c(N)nc(C(C)(C)C)nc1-c1cccc([N+](=O)[O-])c1. The zero-order chi connectivity index (χ0) is 15.8. The van der Waals surface area contributed by atoms with E-state index in [0.29, 0.717) is 22.9 Å². The summed E-state index contributed by atoms with van der Waals surface area (Å²) in [5, 5.41) is 10.9. The number of rotatable bonds is 2. The number of aromatic nitrogens is 2. The Morgan fingerprint density at radius 2 is 1.90 bits per heavy atom. The van der Waals surface area contributed by atoms with E-state index in [9.17, 15) is 10.1 Å². The van der Waals surface area contributed by atoms with Gasteiger partial charge in [-0.15, -0.1) is 0 Å². The van der Waals surface area contributed by atoms with Crippen LogP contribution in [0.15, 0.2) is 24.3 Å². The molecule has 2 aromatic rings. The van der Waals surface area contributed by atoms with E-state index in [1.165, 1.54) is 12.1 Å². The molecule has 6 nitrogen and oxygen atoms in total. The first-order valence-corrected chi connectivity index (χ1v) is 6.59. The summed E-state index contributed by atoms with van der Waals surface area (Å²) in [5.74, 6) is 1.02. The molecule has 0 radical (unpaired) electrons. The molecule has 0 aliphatic rings. The summed E-state index contributed by atoms with van der Waals surface area (Å²) in [4.78, 5) is 19.4. The van der Waals surface area contributed by atoms with Gasteiger partial charge in [0.2, 0.25) is 0 Å². The highest BCUT2D eigenvalue weighted by Gasteiger charge is 2.21. The normalized spacial score (nSPS) is 11.4. The minimum absolute atomic E-state index is 0.0291. The van der Waals surface area contributed by atoms with Crippen molar-refractivity contribution in [1.29, 1.82) is 0 Å². The van der Waals surface area contributed by atoms with Crippen LogP contribution >= 0.6 is 0 Å². The molecule has 2 rings (SSSR count). The Kier molecular flexibility index (Phi) is 3.63. The third-order valence-corrected chi connectivity index (χ3v) is 3.18. The lowest BCUT2D eigenvalue weighted by Gasteiger charge is -2.19. The van der Waals surface area contributed by atoms with E-state index in [1.807, 2.05) is 27.7 Å². The number of nitrogens with two attached hydrogens (primary N) is 1. The zero-order valence-corrected chi connectivity index (χ0v) is 12.5. The summed E-state index contributed by atoms with van der Waals surface area (Å²) in [6.07, 6.45) is 0. The third kappa shape index (κ3) is 2.99. The smallest absolute Gasteiger partial charge is 0.270 e. The molecule has 0 fully saturated rings. The van der Waals surface area contributed by atoms with E-state index in [2.05, 4.69) is 9.97 Å². The van der Waals surface area contributed by atoms with E-state index >= 15 is 0 Å². The van der Waals surface area contributed by atoms with Gasteiger partial charge in [-0.25, -0.2) is 9.97 Å². The Morgan fingerprint density at radius 1 is 1.24 bits per heavy atom. The molecule has 2 N–H and O–H groups in total. The number of non-ortho nitro benzene ring substituents is 1. The largest absolute Gasteiger partial charge is 0.383 e. The molecule has 21 heavy (non-hydrogen) atoms. The minimum Gasteiger partial charge on any atom is -0.383 e. The number of anilines is 1. The van der Waals surface area contributed by atoms with Crippen LogP contribution in [0.1, 0.15) is 32.2 Å². The summed E-state index contributed by atoms with van der Waals surface area (Å²) in [6, 6.07) is 6.38. The maximum Gasteiger partial charge on any atom is 0.270 e. The van der Waals surface area contributed by atoms with E-state index < -0.39 is 4.92 Å². The monoisotopic (exact) mass is 286 g/mol. The molecule has 110 valence electrons. The molecular weight excluding hydrogens is 268 g/mol. The lowest BCUT2D eigenvalue weighted by atomic mass is 9.95. The molecule has 0 aliphatic carbocycles. The molecule has 0 atom stereocenters. The van der Waals surface area contributed by atoms with Gasteiger partial charge in [-0.3, -0.25) is 10.1 Å². The van der Waals surface area contributed by atoms with Crippen molar-refractivity contribution < 1.29 is 4.92 Å². The Labute approximate surface area is 123 Å². The third-order valence-electron chi connectivity index (χ3n) is 3.18. The highest BCUT2D eigenvalue weighted by molar-refractivity contribution is 5.69. The first-order chi connectivity index (χ1) is 9.70. The molecule has 0 amide bonds. The molecule has 0 spiro atoms. The number of nitrogen functional groups attached to an aromatic ring is 1. The van der Waals surface area contributed by atoms with Crippen LogP contribution in [0.4, 0.5) is 11.5 Å². The Bertz CT molecular complexity index is 705. The van der Waals surface area contributed by atoms with Crippen LogP contribution in [-0.4, -0.2) is 14.9 Å². The predicted octanol–water partition coefficient (Wildman–Crippen LogP) is 3.24. The topological polar surface area (TPSA) is 94.9 Å². The second-order valence-electron chi connectivity index (χ2n) is 5.96. The molecule has 6 heteroatoms. The molecule has 0 saturated carbocycles. The fourth-order valence-electron chi connectivity index (χ4n) is 1.92. The molecule has 0 bridgehead atoms. The number of hydrogen-bond donors (Lipinski definition) is 1. The van der Waals surface area contributed by atoms with Crippen molar-refractivity contribution in [3.8, 4) is 11.3 Å². The lowest BCUT2D eigenvalue weighted by molar-refractivity contribution is -0.384. The summed E-state index contributed by atoms with van der Waals surface area (Å²) in [7, 11) is 0. The summed E-state index contributed by atoms with van der Waals surface area (Å²) in [5.41, 5.74) is 7.77. The minimum atomic E-state index is -0.423. The van der Waals surface area contributed by atoms with Crippen molar-refractivity contribution in [3.05, 3.63) is 45.8 Å². The van der Waals surface area contributed by atoms with Crippen LogP contribution in [0.5, 0.6) is 0 Å². The van der Waals surface area contributed by atoms with E-state index in [0.717, 1.165) is 5.56 Å². The molecule has 0 saturated heterocycles. The number of hydrogen-bond acceptors (Lipinski definition) is 5. The summed E-state index contributed by atoms with van der Waals surface area (Å²) >= 11 is 0. The van der Waals surface area contributed by atoms with Crippen molar-refractivity contribution in [3.63, 3.8) is 0 Å². The van der Waals surface area contributed by atoms with Gasteiger partial charge < -0.3 is 5.73 Å². The molecule has 1 heterocycles. The van der Waals surface area contributed by atoms with Crippen LogP contribution in [-0.2, 0) is 5.41 Å². The van der Waals surface area contributed by atoms with E-state index in [-0.39, 0.29) is 11.1 Å². The predicted molar refractivity (Wildman–Crippen MR) is 82.0 cm³/mol. The van der Waals surface area contributed by atoms with Crippen LogP contribution in [0.2, 0.25) is 0 Å². The number of nitro benzene ring substituents is 1. The average molecular weight is 286 g/mol. The van der Waals surface area contributed by atoms with Crippen LogP contribution < -0.4 is 5.73 Å². The number of benzene rings is 1. The van der Waals surface area contributed by atoms with Gasteiger partial charge >= 0.3 is 0 Å². The molecule has 1 aromatic heterocycles. The van der Waals surface area contributed by atoms with Crippen LogP contribution in [0, 0.1) is 17.0 Å². The second-order valence-corrected chi connectivity index (χ2v) is 5.96. The van der Waals surface area contributed by atoms with E-state index in [4.69, 9.17) is 5.73 Å². The van der Waals surface area contributed by atoms with Crippen LogP contribution in [0.25, 0.3) is 11.3 Å². The maximum atomic E-state index is 10.9. The van der Waals surface area contributed by atoms with Gasteiger partial charge in [-0.2, -0.15) is 0 Å². The standard InChI is InChI=1S/C15H18N4O2/c1-9-12(10-6-5-7-11(8-10)19(20)21)17-14(15(2,3)4)18-13(9)16/h5-8H,1-4H3,(H2,16,17,18). The van der Waals surface area contributed by atoms with Crippen molar-refractivity contribution in [2.75, 3.05) is 5.73 Å². The quantitative estimate of drug-likeness (QED) is 0.675. The Hall–Kier alpha value is -2.50. The van der Waals surface area contributed by atoms with Gasteiger partial charge in [-0.1, -0.05) is 32.9 Å². The molecule has 1 aromatic carbocycles. The van der Waals surface area contributed by atoms with Crippen molar-refractivity contribution >= 4 is 11.5 Å². The van der Waals surface area contributed by atoms with Gasteiger partial charge in [-0.05, 0) is 6.92 Å². The number of nitrogens with zero attached hydrogens (tertiary/aromatic N) is 3. The van der Waals surface area contributed by atoms with Gasteiger partial charge in [0.25, 0.3) is 5.69 Å². The molecule has 0 aliphatic heterocycles. The molecule has 0 unspecified atom stereocenters.